The Bertz CT molecular complexity index is 2320. The molecule has 57 heavy (non-hydrogen) atoms. The van der Waals surface area contributed by atoms with Crippen molar-refractivity contribution in [1.82, 2.24) is 9.97 Å². The minimum absolute atomic E-state index is 0.288. The standard InChI is InChI=1S/C21H20Cl2N2O2S.C13H14Cl2N2S.C8H7IO2/c1-12(2)9-18-19(13-7-8-16(22)17(23)11-13)25-21(28-18)24-15-6-4-5-14(10-15)20(26)27-3;1-7(2)5-11-12(17-13(16)18-11)8-3-4-9(14)10(15)6-8;1-11-8(10)6-3-2-4-7(9)5-6/h4-8,10-12H,9H2,1-3H3,(H,24,25);3-4,6-7H,5H2,1-2H3,(H2,16,17);2-5H,1H3. The van der Waals surface area contributed by atoms with E-state index in [2.05, 4.69) is 65.3 Å². The second kappa shape index (κ2) is 22.1. The molecule has 15 heteroatoms. The molecule has 0 radical (unpaired) electrons. The number of hydrogen-bond acceptors (Lipinski definition) is 10. The van der Waals surface area contributed by atoms with Gasteiger partial charge in [-0.3, -0.25) is 0 Å². The van der Waals surface area contributed by atoms with E-state index in [-0.39, 0.29) is 11.9 Å². The number of aromatic nitrogens is 2. The number of nitrogens with two attached hydrogens (primary N) is 1. The molecule has 6 rings (SSSR count). The maximum Gasteiger partial charge on any atom is 0.337 e. The lowest BCUT2D eigenvalue weighted by Crippen LogP contribution is -2.01. The monoisotopic (exact) mass is 996 g/mol. The molecule has 0 aliphatic rings. The molecule has 8 nitrogen and oxygen atoms in total. The summed E-state index contributed by atoms with van der Waals surface area (Å²) in [7, 11) is 2.74. The number of benzene rings is 4. The lowest BCUT2D eigenvalue weighted by Gasteiger charge is -2.06. The number of ether oxygens (including phenoxy) is 2. The molecule has 0 aliphatic heterocycles. The summed E-state index contributed by atoms with van der Waals surface area (Å²) in [6.45, 7) is 8.69. The molecule has 0 amide bonds. The summed E-state index contributed by atoms with van der Waals surface area (Å²) in [5.74, 6) is 0.382. The highest BCUT2D eigenvalue weighted by atomic mass is 127. The first-order valence-electron chi connectivity index (χ1n) is 17.5. The van der Waals surface area contributed by atoms with E-state index < -0.39 is 0 Å². The number of anilines is 3. The van der Waals surface area contributed by atoms with E-state index in [1.165, 1.54) is 35.3 Å². The third-order valence-corrected chi connectivity index (χ3v) is 11.8. The summed E-state index contributed by atoms with van der Waals surface area (Å²) in [5, 5.41) is 6.74. The summed E-state index contributed by atoms with van der Waals surface area (Å²) in [6.07, 6.45) is 1.86. The number of nitrogens with zero attached hydrogens (tertiary/aromatic N) is 2. The van der Waals surface area contributed by atoms with Crippen molar-refractivity contribution in [2.75, 3.05) is 25.3 Å². The molecule has 0 bridgehead atoms. The van der Waals surface area contributed by atoms with Crippen LogP contribution in [0.15, 0.2) is 84.9 Å². The molecule has 6 aromatic rings. The van der Waals surface area contributed by atoms with Crippen molar-refractivity contribution < 1.29 is 19.1 Å². The molecule has 3 N–H and O–H groups in total. The number of halogens is 5. The van der Waals surface area contributed by atoms with E-state index in [0.29, 0.717) is 48.2 Å². The van der Waals surface area contributed by atoms with E-state index in [1.54, 1.807) is 53.8 Å². The van der Waals surface area contributed by atoms with Crippen molar-refractivity contribution in [3.63, 3.8) is 0 Å². The molecule has 0 saturated heterocycles. The first kappa shape index (κ1) is 46.3. The van der Waals surface area contributed by atoms with Gasteiger partial charge >= 0.3 is 11.9 Å². The van der Waals surface area contributed by atoms with Crippen molar-refractivity contribution in [3.05, 3.63) is 129 Å². The van der Waals surface area contributed by atoms with Crippen molar-refractivity contribution in [1.29, 1.82) is 0 Å². The van der Waals surface area contributed by atoms with Gasteiger partial charge in [0.25, 0.3) is 0 Å². The van der Waals surface area contributed by atoms with Crippen LogP contribution in [0.2, 0.25) is 20.1 Å². The Hall–Kier alpha value is -3.43. The van der Waals surface area contributed by atoms with E-state index in [0.717, 1.165) is 49.7 Å². The maximum atomic E-state index is 11.8. The zero-order chi connectivity index (χ0) is 41.8. The van der Waals surface area contributed by atoms with Crippen molar-refractivity contribution in [3.8, 4) is 22.5 Å². The largest absolute Gasteiger partial charge is 0.465 e. The van der Waals surface area contributed by atoms with Gasteiger partial charge in [-0.25, -0.2) is 19.6 Å². The summed E-state index contributed by atoms with van der Waals surface area (Å²) in [4.78, 5) is 34.2. The van der Waals surface area contributed by atoms with Gasteiger partial charge < -0.3 is 20.5 Å². The summed E-state index contributed by atoms with van der Waals surface area (Å²) < 4.78 is 10.4. The van der Waals surface area contributed by atoms with Crippen LogP contribution in [0.4, 0.5) is 16.0 Å². The fourth-order valence-electron chi connectivity index (χ4n) is 5.23. The van der Waals surface area contributed by atoms with Gasteiger partial charge in [0.15, 0.2) is 10.3 Å². The van der Waals surface area contributed by atoms with Crippen LogP contribution in [0.1, 0.15) is 58.2 Å². The second-order valence-corrected chi connectivity index (χ2v) is 18.3. The van der Waals surface area contributed by atoms with Crippen LogP contribution < -0.4 is 11.1 Å². The molecule has 0 spiro atoms. The fraction of sp³-hybridized carbons (Fsp3) is 0.238. The van der Waals surface area contributed by atoms with Gasteiger partial charge in [0, 0.05) is 30.1 Å². The Kier molecular flexibility index (Phi) is 17.9. The highest BCUT2D eigenvalue weighted by Crippen LogP contribution is 2.37. The predicted octanol–water partition coefficient (Wildman–Crippen LogP) is 13.8. The fourth-order valence-corrected chi connectivity index (χ4v) is 8.65. The van der Waals surface area contributed by atoms with Crippen LogP contribution >= 0.6 is 91.7 Å². The molecule has 2 heterocycles. The summed E-state index contributed by atoms with van der Waals surface area (Å²) in [6, 6.07) is 25.5. The SMILES string of the molecule is CC(C)Cc1sc(N)nc1-c1ccc(Cl)c(Cl)c1.COC(=O)c1cccc(I)c1.COC(=O)c1cccc(Nc2nc(-c3ccc(Cl)c(Cl)c3)c(CC(C)C)s2)c1. The molecule has 0 fully saturated rings. The van der Waals surface area contributed by atoms with E-state index >= 15 is 0 Å². The van der Waals surface area contributed by atoms with Crippen molar-refractivity contribution in [2.45, 2.75) is 40.5 Å². The minimum atomic E-state index is -0.375. The third-order valence-electron chi connectivity index (χ3n) is 7.77. The van der Waals surface area contributed by atoms with E-state index in [9.17, 15) is 9.59 Å². The van der Waals surface area contributed by atoms with Gasteiger partial charge in [-0.2, -0.15) is 0 Å². The minimum Gasteiger partial charge on any atom is -0.465 e. The Balaban J connectivity index is 0.000000211. The average molecular weight is 999 g/mol. The quantitative estimate of drug-likeness (QED) is 0.103. The smallest absolute Gasteiger partial charge is 0.337 e. The average Bonchev–Trinajstić information content (AvgIpc) is 3.74. The zero-order valence-corrected chi connectivity index (χ0v) is 38.8. The first-order valence-corrected chi connectivity index (χ1v) is 21.8. The maximum absolute atomic E-state index is 11.8. The molecule has 0 saturated carbocycles. The number of methoxy groups -OCH3 is 2. The van der Waals surface area contributed by atoms with Crippen LogP contribution in [0.25, 0.3) is 22.5 Å². The summed E-state index contributed by atoms with van der Waals surface area (Å²) in [5.41, 5.74) is 11.4. The van der Waals surface area contributed by atoms with Gasteiger partial charge in [-0.1, -0.05) is 98.4 Å². The van der Waals surface area contributed by atoms with Gasteiger partial charge in [-0.15, -0.1) is 22.7 Å². The topological polar surface area (TPSA) is 116 Å². The lowest BCUT2D eigenvalue weighted by atomic mass is 10.0. The number of esters is 2. The Morgan fingerprint density at radius 1 is 0.684 bits per heavy atom. The molecule has 4 aromatic carbocycles. The van der Waals surface area contributed by atoms with E-state index in [4.69, 9.17) is 61.9 Å². The molecule has 300 valence electrons. The highest BCUT2D eigenvalue weighted by Gasteiger charge is 2.17. The normalized spacial score (nSPS) is 10.7. The molecular weight excluding hydrogens is 957 g/mol. The Morgan fingerprint density at radius 3 is 1.67 bits per heavy atom. The number of carbonyl (C=O) groups is 2. The van der Waals surface area contributed by atoms with E-state index in [1.807, 2.05) is 42.5 Å². The Morgan fingerprint density at radius 2 is 1.18 bits per heavy atom. The van der Waals surface area contributed by atoms with Crippen LogP contribution in [0.3, 0.4) is 0 Å². The lowest BCUT2D eigenvalue weighted by molar-refractivity contribution is 0.0592. The molecule has 0 unspecified atom stereocenters. The number of thiazole rings is 2. The molecule has 0 aliphatic carbocycles. The summed E-state index contributed by atoms with van der Waals surface area (Å²) >= 11 is 29.5. The Labute approximate surface area is 375 Å². The number of nitrogens with one attached hydrogen (secondary N) is 1. The molecular formula is C42H41Cl4IN4O4S2. The molecule has 0 atom stereocenters. The van der Waals surface area contributed by atoms with Crippen molar-refractivity contribution in [2.24, 2.45) is 11.8 Å². The third kappa shape index (κ3) is 13.8. The van der Waals surface area contributed by atoms with Crippen LogP contribution in [-0.4, -0.2) is 36.1 Å². The number of rotatable bonds is 10. The molecule has 2 aromatic heterocycles. The van der Waals surface area contributed by atoms with Gasteiger partial charge in [0.05, 0.1) is 56.8 Å². The van der Waals surface area contributed by atoms with Crippen molar-refractivity contribution >= 4 is 120 Å². The van der Waals surface area contributed by atoms with Crippen LogP contribution in [-0.2, 0) is 22.3 Å². The second-order valence-electron chi connectivity index (χ2n) is 13.3. The van der Waals surface area contributed by atoms with Crippen LogP contribution in [0, 0.1) is 15.4 Å². The first-order chi connectivity index (χ1) is 27.1. The van der Waals surface area contributed by atoms with Crippen LogP contribution in [0.5, 0.6) is 0 Å². The number of nitrogen functional groups attached to an aromatic ring is 1. The highest BCUT2D eigenvalue weighted by molar-refractivity contribution is 14.1. The van der Waals surface area contributed by atoms with Gasteiger partial charge in [0.2, 0.25) is 0 Å². The number of carbonyl (C=O) groups excluding carboxylic acids is 2. The predicted molar refractivity (Wildman–Crippen MR) is 248 cm³/mol. The number of hydrogen-bond donors (Lipinski definition) is 2. The van der Waals surface area contributed by atoms with Gasteiger partial charge in [0.1, 0.15) is 0 Å². The zero-order valence-electron chi connectivity index (χ0n) is 32.0. The van der Waals surface area contributed by atoms with Gasteiger partial charge in [-0.05, 0) is 108 Å².